The van der Waals surface area contributed by atoms with Gasteiger partial charge in [-0.15, -0.1) is 0 Å². The van der Waals surface area contributed by atoms with Gasteiger partial charge in [-0.05, 0) is 98.8 Å². The Kier molecular flexibility index (Phi) is 12.0. The van der Waals surface area contributed by atoms with Gasteiger partial charge in [-0.2, -0.15) is 0 Å². The molecule has 0 aliphatic heterocycles. The number of pyridine rings is 1. The first-order valence-electron chi connectivity index (χ1n) is 15.8. The number of anilines is 1. The zero-order valence-corrected chi connectivity index (χ0v) is 27.0. The van der Waals surface area contributed by atoms with Crippen LogP contribution in [0.25, 0.3) is 28.5 Å². The summed E-state index contributed by atoms with van der Waals surface area (Å²) in [7, 11) is 3.99. The van der Waals surface area contributed by atoms with E-state index < -0.39 is 24.6 Å². The summed E-state index contributed by atoms with van der Waals surface area (Å²) < 4.78 is 14.1. The molecule has 2 aromatic carbocycles. The van der Waals surface area contributed by atoms with Gasteiger partial charge in [0.25, 0.3) is 0 Å². The second-order valence-corrected chi connectivity index (χ2v) is 12.5. The molecule has 10 heteroatoms. The Bertz CT molecular complexity index is 1550. The number of halogens is 1. The molecule has 0 saturated carbocycles. The van der Waals surface area contributed by atoms with E-state index in [1.807, 2.05) is 46.1 Å². The number of fused-ring (bicyclic) bond motifs is 3. The van der Waals surface area contributed by atoms with Crippen molar-refractivity contribution in [3.63, 3.8) is 0 Å². The fraction of sp³-hybridized carbons (Fsp3) is 0.417. The third-order valence-corrected chi connectivity index (χ3v) is 8.01. The number of nitrogens with one attached hydrogen (secondary N) is 2. The van der Waals surface area contributed by atoms with Crippen LogP contribution in [0.2, 0.25) is 0 Å². The first kappa shape index (κ1) is 34.7. The van der Waals surface area contributed by atoms with Crippen LogP contribution in [0.15, 0.2) is 48.5 Å². The number of aryl methyl sites for hydroxylation is 1. The van der Waals surface area contributed by atoms with Gasteiger partial charge in [-0.25, -0.2) is 9.18 Å². The van der Waals surface area contributed by atoms with Crippen LogP contribution in [0.5, 0.6) is 0 Å². The van der Waals surface area contributed by atoms with E-state index >= 15 is 0 Å². The number of urea groups is 1. The van der Waals surface area contributed by atoms with Crippen molar-refractivity contribution in [2.45, 2.75) is 70.5 Å². The van der Waals surface area contributed by atoms with Gasteiger partial charge in [0.15, 0.2) is 0 Å². The predicted molar refractivity (Wildman–Crippen MR) is 179 cm³/mol. The maximum atomic E-state index is 14.1. The van der Waals surface area contributed by atoms with Crippen LogP contribution in [0, 0.1) is 5.82 Å². The van der Waals surface area contributed by atoms with Crippen LogP contribution in [-0.2, 0) is 17.6 Å². The quantitative estimate of drug-likeness (QED) is 0.150. The smallest absolute Gasteiger partial charge is 0.319 e. The molecule has 5 N–H and O–H groups in total. The summed E-state index contributed by atoms with van der Waals surface area (Å²) in [5, 5.41) is 35.6. The molecule has 0 unspecified atom stereocenters. The SMILES string of the molecule is CC(C)c1nc2c(c(-c3ccc(F)cc3)c1/C=C/[C@@H](O)C[C@@H](O)CC(=O)O)CCCc1cc(NC(=O)NCCCN(C)C)ccc1-2. The first-order chi connectivity index (χ1) is 21.9. The lowest BCUT2D eigenvalue weighted by Crippen LogP contribution is -2.31. The van der Waals surface area contributed by atoms with Gasteiger partial charge in [-0.3, -0.25) is 9.78 Å². The molecule has 1 aromatic heterocycles. The van der Waals surface area contributed by atoms with Crippen LogP contribution in [-0.4, -0.2) is 76.6 Å². The number of nitrogens with zero attached hydrogens (tertiary/aromatic N) is 2. The van der Waals surface area contributed by atoms with Crippen molar-refractivity contribution in [2.24, 2.45) is 0 Å². The monoisotopic (exact) mass is 632 g/mol. The lowest BCUT2D eigenvalue weighted by atomic mass is 9.86. The molecule has 0 bridgehead atoms. The summed E-state index contributed by atoms with van der Waals surface area (Å²) in [5.41, 5.74) is 7.89. The molecule has 0 spiro atoms. The Balaban J connectivity index is 1.75. The minimum Gasteiger partial charge on any atom is -0.481 e. The number of carbonyl (C=O) groups is 2. The Morgan fingerprint density at radius 1 is 1.09 bits per heavy atom. The van der Waals surface area contributed by atoms with E-state index in [4.69, 9.17) is 10.1 Å². The second kappa shape index (κ2) is 15.9. The lowest BCUT2D eigenvalue weighted by Gasteiger charge is -2.22. The maximum absolute atomic E-state index is 14.1. The highest BCUT2D eigenvalue weighted by molar-refractivity contribution is 5.91. The summed E-state index contributed by atoms with van der Waals surface area (Å²) in [6.45, 7) is 5.54. The van der Waals surface area contributed by atoms with E-state index in [0.29, 0.717) is 18.7 Å². The highest BCUT2D eigenvalue weighted by Crippen LogP contribution is 2.42. The van der Waals surface area contributed by atoms with Crippen molar-refractivity contribution in [1.82, 2.24) is 15.2 Å². The lowest BCUT2D eigenvalue weighted by molar-refractivity contribution is -0.139. The molecule has 2 amide bonds. The molecule has 3 aromatic rings. The first-order valence-corrected chi connectivity index (χ1v) is 15.8. The number of aliphatic carboxylic acids is 1. The number of hydrogen-bond acceptors (Lipinski definition) is 6. The van der Waals surface area contributed by atoms with Crippen molar-refractivity contribution in [2.75, 3.05) is 32.5 Å². The molecule has 2 atom stereocenters. The molecule has 4 rings (SSSR count). The maximum Gasteiger partial charge on any atom is 0.319 e. The van der Waals surface area contributed by atoms with E-state index in [0.717, 1.165) is 70.6 Å². The third kappa shape index (κ3) is 9.22. The average molecular weight is 633 g/mol. The van der Waals surface area contributed by atoms with Crippen molar-refractivity contribution in [1.29, 1.82) is 0 Å². The number of hydrogen-bond donors (Lipinski definition) is 5. The average Bonchev–Trinajstić information content (AvgIpc) is 3.16. The fourth-order valence-corrected chi connectivity index (χ4v) is 5.87. The molecule has 46 heavy (non-hydrogen) atoms. The molecular weight excluding hydrogens is 587 g/mol. The molecule has 0 radical (unpaired) electrons. The largest absolute Gasteiger partial charge is 0.481 e. The molecule has 0 saturated heterocycles. The minimum atomic E-state index is -1.19. The van der Waals surface area contributed by atoms with E-state index in [2.05, 4.69) is 15.5 Å². The van der Waals surface area contributed by atoms with Crippen LogP contribution >= 0.6 is 0 Å². The van der Waals surface area contributed by atoms with Crippen molar-refractivity contribution < 1.29 is 29.3 Å². The van der Waals surface area contributed by atoms with Crippen LogP contribution in [0.4, 0.5) is 14.9 Å². The highest BCUT2D eigenvalue weighted by atomic mass is 19.1. The molecule has 1 heterocycles. The summed E-state index contributed by atoms with van der Waals surface area (Å²) in [6, 6.07) is 12.0. The Labute approximate surface area is 270 Å². The minimum absolute atomic E-state index is 0.0114. The van der Waals surface area contributed by atoms with E-state index in [1.54, 1.807) is 24.3 Å². The third-order valence-electron chi connectivity index (χ3n) is 8.01. The summed E-state index contributed by atoms with van der Waals surface area (Å²) in [6.07, 6.45) is 3.66. The molecule has 0 fully saturated rings. The Morgan fingerprint density at radius 2 is 1.83 bits per heavy atom. The molecule has 246 valence electrons. The van der Waals surface area contributed by atoms with Crippen LogP contribution in [0.3, 0.4) is 0 Å². The van der Waals surface area contributed by atoms with E-state index in [1.165, 1.54) is 12.1 Å². The zero-order chi connectivity index (χ0) is 33.4. The van der Waals surface area contributed by atoms with E-state index in [-0.39, 0.29) is 24.2 Å². The fourth-order valence-electron chi connectivity index (χ4n) is 5.87. The number of benzene rings is 2. The summed E-state index contributed by atoms with van der Waals surface area (Å²) >= 11 is 0. The molecule has 1 aliphatic carbocycles. The molecule has 1 aliphatic rings. The van der Waals surface area contributed by atoms with Crippen LogP contribution < -0.4 is 10.6 Å². The molecule has 9 nitrogen and oxygen atoms in total. The number of carboxylic acids is 1. The van der Waals surface area contributed by atoms with Gasteiger partial charge in [-0.1, -0.05) is 44.2 Å². The van der Waals surface area contributed by atoms with Gasteiger partial charge < -0.3 is 30.9 Å². The van der Waals surface area contributed by atoms with E-state index in [9.17, 15) is 24.2 Å². The van der Waals surface area contributed by atoms with Gasteiger partial charge in [0.1, 0.15) is 5.82 Å². The summed E-state index contributed by atoms with van der Waals surface area (Å²) in [4.78, 5) is 30.8. The van der Waals surface area contributed by atoms with Gasteiger partial charge >= 0.3 is 12.0 Å². The number of aromatic nitrogens is 1. The number of aliphatic hydroxyl groups excluding tert-OH is 2. The van der Waals surface area contributed by atoms with Gasteiger partial charge in [0.2, 0.25) is 0 Å². The number of carbonyl (C=O) groups excluding carboxylic acids is 1. The number of amides is 2. The highest BCUT2D eigenvalue weighted by Gasteiger charge is 2.26. The number of rotatable bonds is 13. The Morgan fingerprint density at radius 3 is 2.50 bits per heavy atom. The predicted octanol–water partition coefficient (Wildman–Crippen LogP) is 5.84. The summed E-state index contributed by atoms with van der Waals surface area (Å²) in [5.74, 6) is -1.50. The zero-order valence-electron chi connectivity index (χ0n) is 27.0. The van der Waals surface area contributed by atoms with Crippen molar-refractivity contribution >= 4 is 23.8 Å². The second-order valence-electron chi connectivity index (χ2n) is 12.5. The normalized spacial score (nSPS) is 14.1. The number of carboxylic acid groups (broad SMARTS) is 1. The number of aliphatic hydroxyl groups is 2. The van der Waals surface area contributed by atoms with Gasteiger partial charge in [0, 0.05) is 29.8 Å². The topological polar surface area (TPSA) is 135 Å². The van der Waals surface area contributed by atoms with Gasteiger partial charge in [0.05, 0.1) is 30.0 Å². The van der Waals surface area contributed by atoms with Crippen molar-refractivity contribution in [3.05, 3.63) is 76.7 Å². The standard InChI is InChI=1S/C36H45FN4O5/c1-22(2)34-31(16-14-27(42)20-28(43)21-32(44)45)33(23-9-11-25(37)12-10-23)30-8-5-7-24-19-26(13-15-29(24)35(30)40-34)39-36(46)38-17-6-18-41(3)4/h9-16,19,22,27-28,42-43H,5-8,17-18,20-21H2,1-4H3,(H,44,45)(H2,38,39,46)/b16-14+/t27-,28-/m1/s1. The molecular formula is C36H45FN4O5. The Hall–Kier alpha value is -4.12. The van der Waals surface area contributed by atoms with Crippen LogP contribution in [0.1, 0.15) is 67.8 Å². The van der Waals surface area contributed by atoms with Crippen molar-refractivity contribution in [3.8, 4) is 22.4 Å².